The van der Waals surface area contributed by atoms with Gasteiger partial charge in [-0.25, -0.2) is 0 Å². The van der Waals surface area contributed by atoms with E-state index in [2.05, 4.69) is 50.9 Å². The zero-order chi connectivity index (χ0) is 13.5. The Balaban J connectivity index is 2.35. The highest BCUT2D eigenvalue weighted by Crippen LogP contribution is 2.11. The second-order valence-electron chi connectivity index (χ2n) is 5.61. The average molecular weight is 248 g/mol. The fraction of sp³-hybridized carbons (Fsp3) is 0.625. The molecule has 102 valence electrons. The van der Waals surface area contributed by atoms with Gasteiger partial charge in [0.15, 0.2) is 0 Å². The van der Waals surface area contributed by atoms with E-state index in [-0.39, 0.29) is 0 Å². The van der Waals surface area contributed by atoms with Crippen LogP contribution in [0.25, 0.3) is 0 Å². The molecule has 18 heavy (non-hydrogen) atoms. The van der Waals surface area contributed by atoms with Crippen LogP contribution in [0, 0.1) is 19.8 Å². The predicted octanol–water partition coefficient (Wildman–Crippen LogP) is 2.76. The Morgan fingerprint density at radius 1 is 1.22 bits per heavy atom. The van der Waals surface area contributed by atoms with Crippen LogP contribution in [0.4, 0.5) is 0 Å². The van der Waals surface area contributed by atoms with Crippen molar-refractivity contribution in [1.82, 2.24) is 4.90 Å². The predicted molar refractivity (Wildman–Crippen MR) is 80.0 cm³/mol. The third kappa shape index (κ3) is 5.19. The van der Waals surface area contributed by atoms with Gasteiger partial charge in [-0.15, -0.1) is 0 Å². The molecule has 0 spiro atoms. The number of hydrogen-bond donors (Lipinski definition) is 1. The van der Waals surface area contributed by atoms with Gasteiger partial charge >= 0.3 is 0 Å². The third-order valence-corrected chi connectivity index (χ3v) is 3.67. The van der Waals surface area contributed by atoms with Crippen molar-refractivity contribution >= 4 is 0 Å². The highest BCUT2D eigenvalue weighted by molar-refractivity contribution is 5.30. The number of benzene rings is 1. The first-order valence-corrected chi connectivity index (χ1v) is 6.97. The molecule has 0 fully saturated rings. The molecule has 0 aliphatic heterocycles. The summed E-state index contributed by atoms with van der Waals surface area (Å²) >= 11 is 0. The first-order chi connectivity index (χ1) is 8.52. The van der Waals surface area contributed by atoms with Crippen molar-refractivity contribution < 1.29 is 0 Å². The number of aryl methyl sites for hydroxylation is 2. The maximum absolute atomic E-state index is 5.64. The Bertz CT molecular complexity index is 360. The lowest BCUT2D eigenvalue weighted by atomic mass is 10.0. The number of likely N-dealkylation sites (N-methyl/N-ethyl adjacent to an activating group) is 1. The lowest BCUT2D eigenvalue weighted by Gasteiger charge is -2.19. The monoisotopic (exact) mass is 248 g/mol. The first-order valence-electron chi connectivity index (χ1n) is 6.97. The van der Waals surface area contributed by atoms with Crippen LogP contribution in [0.5, 0.6) is 0 Å². The largest absolute Gasteiger partial charge is 0.330 e. The minimum absolute atomic E-state index is 0.633. The van der Waals surface area contributed by atoms with Crippen LogP contribution in [0.2, 0.25) is 0 Å². The highest BCUT2D eigenvalue weighted by Gasteiger charge is 2.04. The fourth-order valence-corrected chi connectivity index (χ4v) is 2.11. The second kappa shape index (κ2) is 7.55. The molecule has 0 saturated carbocycles. The van der Waals surface area contributed by atoms with E-state index in [0.717, 1.165) is 26.1 Å². The number of nitrogens with zero attached hydrogens (tertiary/aromatic N) is 1. The van der Waals surface area contributed by atoms with Gasteiger partial charge in [0, 0.05) is 6.54 Å². The average Bonchev–Trinajstić information content (AvgIpc) is 2.34. The van der Waals surface area contributed by atoms with Crippen LogP contribution in [0.15, 0.2) is 18.2 Å². The van der Waals surface area contributed by atoms with Gasteiger partial charge < -0.3 is 10.6 Å². The summed E-state index contributed by atoms with van der Waals surface area (Å²) in [5.74, 6) is 0.633. The summed E-state index contributed by atoms with van der Waals surface area (Å²) in [5, 5.41) is 0. The first kappa shape index (κ1) is 15.2. The molecule has 2 nitrogen and oxygen atoms in total. The SMILES string of the molecule is Cc1ccc(CCN(C)CCC(C)CN)c(C)c1. The summed E-state index contributed by atoms with van der Waals surface area (Å²) < 4.78 is 0. The molecular formula is C16H28N2. The van der Waals surface area contributed by atoms with E-state index in [0.29, 0.717) is 5.92 Å². The minimum Gasteiger partial charge on any atom is -0.330 e. The van der Waals surface area contributed by atoms with E-state index in [9.17, 15) is 0 Å². The summed E-state index contributed by atoms with van der Waals surface area (Å²) in [6, 6.07) is 6.74. The summed E-state index contributed by atoms with van der Waals surface area (Å²) in [6.07, 6.45) is 2.33. The zero-order valence-electron chi connectivity index (χ0n) is 12.4. The van der Waals surface area contributed by atoms with Crippen LogP contribution < -0.4 is 5.73 Å². The second-order valence-corrected chi connectivity index (χ2v) is 5.61. The van der Waals surface area contributed by atoms with Crippen molar-refractivity contribution in [2.75, 3.05) is 26.7 Å². The van der Waals surface area contributed by atoms with Crippen LogP contribution in [-0.2, 0) is 6.42 Å². The summed E-state index contributed by atoms with van der Waals surface area (Å²) in [4.78, 5) is 2.41. The number of rotatable bonds is 7. The van der Waals surface area contributed by atoms with Gasteiger partial charge in [0.1, 0.15) is 0 Å². The van der Waals surface area contributed by atoms with E-state index in [1.165, 1.54) is 23.1 Å². The molecule has 1 aromatic carbocycles. The van der Waals surface area contributed by atoms with E-state index in [4.69, 9.17) is 5.73 Å². The van der Waals surface area contributed by atoms with Crippen molar-refractivity contribution in [1.29, 1.82) is 0 Å². The molecule has 2 N–H and O–H groups in total. The lowest BCUT2D eigenvalue weighted by molar-refractivity contribution is 0.310. The van der Waals surface area contributed by atoms with E-state index < -0.39 is 0 Å². The van der Waals surface area contributed by atoms with E-state index in [1.807, 2.05) is 0 Å². The molecule has 0 aliphatic carbocycles. The minimum atomic E-state index is 0.633. The molecule has 0 heterocycles. The summed E-state index contributed by atoms with van der Waals surface area (Å²) in [7, 11) is 2.20. The molecule has 0 saturated heterocycles. The molecular weight excluding hydrogens is 220 g/mol. The van der Waals surface area contributed by atoms with Crippen LogP contribution >= 0.6 is 0 Å². The van der Waals surface area contributed by atoms with Gasteiger partial charge in [0.25, 0.3) is 0 Å². The molecule has 2 heteroatoms. The lowest BCUT2D eigenvalue weighted by Crippen LogP contribution is -2.25. The van der Waals surface area contributed by atoms with Gasteiger partial charge in [-0.2, -0.15) is 0 Å². The van der Waals surface area contributed by atoms with Crippen molar-refractivity contribution in [3.63, 3.8) is 0 Å². The van der Waals surface area contributed by atoms with E-state index in [1.54, 1.807) is 0 Å². The van der Waals surface area contributed by atoms with Gasteiger partial charge in [-0.05, 0) is 63.9 Å². The molecule has 0 amide bonds. The smallest absolute Gasteiger partial charge is 0.00189 e. The maximum atomic E-state index is 5.64. The summed E-state index contributed by atoms with van der Waals surface area (Å²) in [5.41, 5.74) is 9.87. The Morgan fingerprint density at radius 2 is 1.94 bits per heavy atom. The third-order valence-electron chi connectivity index (χ3n) is 3.67. The van der Waals surface area contributed by atoms with Gasteiger partial charge in [0.2, 0.25) is 0 Å². The molecule has 0 aliphatic rings. The Morgan fingerprint density at radius 3 is 2.56 bits per heavy atom. The fourth-order valence-electron chi connectivity index (χ4n) is 2.11. The number of hydrogen-bond acceptors (Lipinski definition) is 2. The van der Waals surface area contributed by atoms with Crippen molar-refractivity contribution in [3.05, 3.63) is 34.9 Å². The Hall–Kier alpha value is -0.860. The standard InChI is InChI=1S/C16H28N2/c1-13-5-6-16(15(3)11-13)8-10-18(4)9-7-14(2)12-17/h5-6,11,14H,7-10,12,17H2,1-4H3. The summed E-state index contributed by atoms with van der Waals surface area (Å²) in [6.45, 7) is 9.64. The van der Waals surface area contributed by atoms with Crippen molar-refractivity contribution in [3.8, 4) is 0 Å². The molecule has 1 atom stereocenters. The van der Waals surface area contributed by atoms with Gasteiger partial charge in [0.05, 0.1) is 0 Å². The zero-order valence-corrected chi connectivity index (χ0v) is 12.4. The van der Waals surface area contributed by atoms with Crippen LogP contribution in [0.1, 0.15) is 30.0 Å². The van der Waals surface area contributed by atoms with Crippen LogP contribution in [-0.4, -0.2) is 31.6 Å². The molecule has 1 aromatic rings. The van der Waals surface area contributed by atoms with Crippen molar-refractivity contribution in [2.45, 2.75) is 33.6 Å². The highest BCUT2D eigenvalue weighted by atomic mass is 15.1. The Kier molecular flexibility index (Phi) is 6.37. The van der Waals surface area contributed by atoms with Gasteiger partial charge in [-0.1, -0.05) is 30.7 Å². The van der Waals surface area contributed by atoms with Crippen LogP contribution in [0.3, 0.4) is 0 Å². The Labute approximate surface area is 112 Å². The maximum Gasteiger partial charge on any atom is 0.00189 e. The van der Waals surface area contributed by atoms with E-state index >= 15 is 0 Å². The topological polar surface area (TPSA) is 29.3 Å². The molecule has 0 aromatic heterocycles. The van der Waals surface area contributed by atoms with Crippen molar-refractivity contribution in [2.24, 2.45) is 11.7 Å². The quantitative estimate of drug-likeness (QED) is 0.804. The molecule has 1 rings (SSSR count). The number of nitrogens with two attached hydrogens (primary N) is 1. The van der Waals surface area contributed by atoms with Gasteiger partial charge in [-0.3, -0.25) is 0 Å². The normalized spacial score (nSPS) is 13.0. The molecule has 0 bridgehead atoms. The molecule has 0 radical (unpaired) electrons. The molecule has 1 unspecified atom stereocenters.